The first kappa shape index (κ1) is 17.5. The topological polar surface area (TPSA) is 40.5 Å². The normalized spacial score (nSPS) is 34.0. The van der Waals surface area contributed by atoms with Crippen LogP contribution in [0.2, 0.25) is 0 Å². The first-order valence-electron chi connectivity index (χ1n) is 8.64. The number of aliphatic hydroxyl groups is 2. The fourth-order valence-corrected chi connectivity index (χ4v) is 4.28. The fraction of sp³-hybridized carbons (Fsp3) is 0.700. The summed E-state index contributed by atoms with van der Waals surface area (Å²) in [6.07, 6.45) is 12.9. The van der Waals surface area contributed by atoms with Gasteiger partial charge in [0.1, 0.15) is 0 Å². The smallest absolute Gasteiger partial charge is 0.0774 e. The number of hydrogen-bond acceptors (Lipinski definition) is 2. The van der Waals surface area contributed by atoms with Crippen molar-refractivity contribution < 1.29 is 10.2 Å². The summed E-state index contributed by atoms with van der Waals surface area (Å²) >= 11 is 0. The molecule has 2 rings (SSSR count). The van der Waals surface area contributed by atoms with Gasteiger partial charge in [-0.15, -0.1) is 0 Å². The zero-order valence-corrected chi connectivity index (χ0v) is 14.4. The summed E-state index contributed by atoms with van der Waals surface area (Å²) in [7, 11) is 0. The molecule has 0 aromatic carbocycles. The Morgan fingerprint density at radius 1 is 1.41 bits per heavy atom. The Labute approximate surface area is 135 Å². The lowest BCUT2D eigenvalue weighted by atomic mass is 9.56. The van der Waals surface area contributed by atoms with E-state index in [0.717, 1.165) is 18.4 Å². The molecule has 2 heteroatoms. The van der Waals surface area contributed by atoms with E-state index in [9.17, 15) is 10.2 Å². The molecule has 0 saturated heterocycles. The third-order valence-electron chi connectivity index (χ3n) is 5.69. The second kappa shape index (κ2) is 6.72. The van der Waals surface area contributed by atoms with Crippen molar-refractivity contribution in [1.29, 1.82) is 0 Å². The Hall–Kier alpha value is -0.860. The van der Waals surface area contributed by atoms with Crippen molar-refractivity contribution in [3.05, 3.63) is 36.0 Å². The summed E-state index contributed by atoms with van der Waals surface area (Å²) in [6.45, 7) is 10.4. The van der Waals surface area contributed by atoms with Gasteiger partial charge in [0.05, 0.1) is 12.2 Å². The molecule has 124 valence electrons. The summed E-state index contributed by atoms with van der Waals surface area (Å²) in [5.74, 6) is 1.05. The Kier molecular flexibility index (Phi) is 5.34. The van der Waals surface area contributed by atoms with Crippen LogP contribution >= 0.6 is 0 Å². The molecule has 0 amide bonds. The third kappa shape index (κ3) is 4.11. The lowest BCUT2D eigenvalue weighted by molar-refractivity contribution is 0.0798. The molecule has 2 fully saturated rings. The summed E-state index contributed by atoms with van der Waals surface area (Å²) in [5, 5.41) is 19.5. The molecule has 0 bridgehead atoms. The van der Waals surface area contributed by atoms with E-state index >= 15 is 0 Å². The molecule has 2 aliphatic carbocycles. The standard InChI is InChI=1S/C20H32O2/c1-15-7-5-11-20(4)12-9-16(13-18(15)20)17(14-21)8-6-10-19(2,3)22/h6,8,10,16,18,21-22H,1,5,7,9,11-14H2,2-4H3/b10-6+,17-8+/t16-,18-,20+/m0/s1. The van der Waals surface area contributed by atoms with Gasteiger partial charge in [-0.1, -0.05) is 37.3 Å². The predicted octanol–water partition coefficient (Wildman–Crippen LogP) is 4.39. The maximum Gasteiger partial charge on any atom is 0.0774 e. The van der Waals surface area contributed by atoms with Gasteiger partial charge in [0.25, 0.3) is 0 Å². The Morgan fingerprint density at radius 3 is 2.77 bits per heavy atom. The lowest BCUT2D eigenvalue weighted by Gasteiger charge is -2.49. The fourth-order valence-electron chi connectivity index (χ4n) is 4.28. The highest BCUT2D eigenvalue weighted by Gasteiger charge is 2.43. The molecule has 2 N–H and O–H groups in total. The van der Waals surface area contributed by atoms with Crippen molar-refractivity contribution >= 4 is 0 Å². The van der Waals surface area contributed by atoms with Gasteiger partial charge in [-0.2, -0.15) is 0 Å². The number of allylic oxidation sites excluding steroid dienone is 3. The number of hydrogen-bond donors (Lipinski definition) is 2. The van der Waals surface area contributed by atoms with Crippen LogP contribution in [-0.2, 0) is 0 Å². The van der Waals surface area contributed by atoms with Crippen LogP contribution in [0.15, 0.2) is 36.0 Å². The van der Waals surface area contributed by atoms with Crippen LogP contribution in [0.4, 0.5) is 0 Å². The van der Waals surface area contributed by atoms with Crippen molar-refractivity contribution in [2.45, 2.75) is 64.9 Å². The average molecular weight is 304 g/mol. The predicted molar refractivity (Wildman–Crippen MR) is 92.5 cm³/mol. The van der Waals surface area contributed by atoms with E-state index in [1.54, 1.807) is 19.9 Å². The van der Waals surface area contributed by atoms with Crippen LogP contribution in [0.5, 0.6) is 0 Å². The van der Waals surface area contributed by atoms with E-state index in [1.807, 2.05) is 12.2 Å². The molecule has 3 atom stereocenters. The molecule has 2 saturated carbocycles. The van der Waals surface area contributed by atoms with Gasteiger partial charge in [-0.25, -0.2) is 0 Å². The Morgan fingerprint density at radius 2 is 2.14 bits per heavy atom. The van der Waals surface area contributed by atoms with Crippen molar-refractivity contribution in [3.8, 4) is 0 Å². The van der Waals surface area contributed by atoms with Crippen LogP contribution in [-0.4, -0.2) is 22.4 Å². The molecular formula is C20H32O2. The molecule has 0 spiro atoms. The minimum Gasteiger partial charge on any atom is -0.392 e. The summed E-state index contributed by atoms with van der Waals surface area (Å²) in [5.41, 5.74) is 2.14. The second-order valence-corrected chi connectivity index (χ2v) is 8.10. The number of aliphatic hydroxyl groups excluding tert-OH is 1. The summed E-state index contributed by atoms with van der Waals surface area (Å²) < 4.78 is 0. The van der Waals surface area contributed by atoms with E-state index < -0.39 is 5.60 Å². The Balaban J connectivity index is 2.10. The quantitative estimate of drug-likeness (QED) is 0.597. The molecule has 0 aromatic rings. The molecule has 0 aromatic heterocycles. The van der Waals surface area contributed by atoms with Gasteiger partial charge in [0.15, 0.2) is 0 Å². The molecule has 0 heterocycles. The van der Waals surface area contributed by atoms with Gasteiger partial charge in [-0.3, -0.25) is 0 Å². The summed E-state index contributed by atoms with van der Waals surface area (Å²) in [4.78, 5) is 0. The van der Waals surface area contributed by atoms with Gasteiger partial charge in [0, 0.05) is 0 Å². The average Bonchev–Trinajstić information content (AvgIpc) is 2.42. The summed E-state index contributed by atoms with van der Waals surface area (Å²) in [6, 6.07) is 0. The maximum atomic E-state index is 9.75. The van der Waals surface area contributed by atoms with E-state index in [-0.39, 0.29) is 6.61 Å². The van der Waals surface area contributed by atoms with Gasteiger partial charge >= 0.3 is 0 Å². The monoisotopic (exact) mass is 304 g/mol. The second-order valence-electron chi connectivity index (χ2n) is 8.10. The Bertz CT molecular complexity index is 467. The van der Waals surface area contributed by atoms with Crippen molar-refractivity contribution in [3.63, 3.8) is 0 Å². The van der Waals surface area contributed by atoms with E-state index in [2.05, 4.69) is 13.5 Å². The molecule has 2 nitrogen and oxygen atoms in total. The minimum atomic E-state index is -0.806. The van der Waals surface area contributed by atoms with Crippen LogP contribution in [0.25, 0.3) is 0 Å². The maximum absolute atomic E-state index is 9.75. The molecule has 2 aliphatic rings. The van der Waals surface area contributed by atoms with Gasteiger partial charge in [0.2, 0.25) is 0 Å². The number of fused-ring (bicyclic) bond motifs is 1. The van der Waals surface area contributed by atoms with Crippen molar-refractivity contribution in [2.75, 3.05) is 6.61 Å². The highest BCUT2D eigenvalue weighted by atomic mass is 16.3. The third-order valence-corrected chi connectivity index (χ3v) is 5.69. The first-order chi connectivity index (χ1) is 10.2. The van der Waals surface area contributed by atoms with Crippen LogP contribution in [0.1, 0.15) is 59.3 Å². The zero-order chi connectivity index (χ0) is 16.4. The zero-order valence-electron chi connectivity index (χ0n) is 14.4. The van der Waals surface area contributed by atoms with Gasteiger partial charge < -0.3 is 10.2 Å². The molecule has 22 heavy (non-hydrogen) atoms. The first-order valence-corrected chi connectivity index (χ1v) is 8.64. The van der Waals surface area contributed by atoms with Crippen LogP contribution in [0.3, 0.4) is 0 Å². The van der Waals surface area contributed by atoms with Crippen LogP contribution in [0, 0.1) is 17.3 Å². The van der Waals surface area contributed by atoms with E-state index in [0.29, 0.717) is 17.3 Å². The molecule has 0 unspecified atom stereocenters. The largest absolute Gasteiger partial charge is 0.392 e. The van der Waals surface area contributed by atoms with Gasteiger partial charge in [-0.05, 0) is 75.2 Å². The lowest BCUT2D eigenvalue weighted by Crippen LogP contribution is -2.38. The molecule has 0 aliphatic heterocycles. The molecule has 0 radical (unpaired) electrons. The van der Waals surface area contributed by atoms with Crippen molar-refractivity contribution in [1.82, 2.24) is 0 Å². The number of rotatable bonds is 4. The minimum absolute atomic E-state index is 0.108. The highest BCUT2D eigenvalue weighted by Crippen LogP contribution is 2.54. The van der Waals surface area contributed by atoms with Crippen molar-refractivity contribution in [2.24, 2.45) is 17.3 Å². The SMILES string of the molecule is C=C1CCC[C@]2(C)CC[C@H](/C(=C/C=C/C(C)(C)O)CO)C[C@@H]12. The van der Waals surface area contributed by atoms with Crippen LogP contribution < -0.4 is 0 Å². The van der Waals surface area contributed by atoms with E-state index in [4.69, 9.17) is 0 Å². The highest BCUT2D eigenvalue weighted by molar-refractivity contribution is 5.21. The van der Waals surface area contributed by atoms with E-state index in [1.165, 1.54) is 31.3 Å². The molecular weight excluding hydrogens is 272 g/mol.